The topological polar surface area (TPSA) is 209 Å². The number of aryl methyl sites for hydroxylation is 2. The molecule has 2 saturated heterocycles. The molecule has 4 aromatic heterocycles. The molecule has 0 atom stereocenters. The van der Waals surface area contributed by atoms with Crippen LogP contribution in [-0.2, 0) is 45.9 Å². The quantitative estimate of drug-likeness (QED) is 0.0622. The second-order valence-electron chi connectivity index (χ2n) is 21.4. The van der Waals surface area contributed by atoms with Gasteiger partial charge in [-0.15, -0.1) is 0 Å². The highest BCUT2D eigenvalue weighted by molar-refractivity contribution is 5.89. The van der Waals surface area contributed by atoms with Gasteiger partial charge in [-0.1, -0.05) is 69.2 Å². The van der Waals surface area contributed by atoms with Crippen LogP contribution in [0.25, 0.3) is 0 Å². The average Bonchev–Trinajstić information content (AvgIpc) is 3.33. The first-order chi connectivity index (χ1) is 35.3. The average molecular weight is 1080 g/mol. The molecule has 76 heavy (non-hydrogen) atoms. The Hall–Kier alpha value is -6.30. The molecule has 6 heterocycles. The predicted octanol–water partition coefficient (Wildman–Crippen LogP) is 7.86. The fraction of sp³-hybridized carbons (Fsp3) is 0.615. The molecule has 2 N–H and O–H groups in total. The number of unbranched alkanes of at least 4 members (excludes halogenated alkanes) is 2. The number of anilines is 2. The minimum absolute atomic E-state index is 0.200. The number of carbonyl (C=O) groups is 2. The Labute approximate surface area is 439 Å². The van der Waals surface area contributed by atoms with E-state index in [1.165, 1.54) is 0 Å². The maximum Gasteiger partial charge on any atom is 0.433 e. The zero-order valence-corrected chi connectivity index (χ0v) is 45.2. The van der Waals surface area contributed by atoms with E-state index in [2.05, 4.69) is 39.7 Å². The maximum atomic E-state index is 13.4. The van der Waals surface area contributed by atoms with E-state index in [1.54, 1.807) is 9.13 Å². The number of aliphatic carboxylic acids is 2. The zero-order valence-electron chi connectivity index (χ0n) is 45.2. The van der Waals surface area contributed by atoms with Crippen LogP contribution in [0, 0.1) is 0 Å². The van der Waals surface area contributed by atoms with E-state index < -0.39 is 46.5 Å². The van der Waals surface area contributed by atoms with Crippen molar-refractivity contribution < 1.29 is 46.1 Å². The van der Waals surface area contributed by atoms with Crippen molar-refractivity contribution in [3.05, 3.63) is 104 Å². The summed E-state index contributed by atoms with van der Waals surface area (Å²) in [5, 5.41) is 15.6. The van der Waals surface area contributed by atoms with Crippen LogP contribution < -0.4 is 21.2 Å². The van der Waals surface area contributed by atoms with Crippen molar-refractivity contribution in [1.82, 2.24) is 48.8 Å². The fourth-order valence-corrected chi connectivity index (χ4v) is 7.80. The van der Waals surface area contributed by atoms with Crippen molar-refractivity contribution in [2.24, 2.45) is 0 Å². The smallest absolute Gasteiger partial charge is 0.433 e. The van der Waals surface area contributed by atoms with Gasteiger partial charge < -0.3 is 20.0 Å². The van der Waals surface area contributed by atoms with Crippen LogP contribution in [-0.4, -0.2) is 136 Å². The number of aromatic nitrogens is 8. The molecule has 0 unspecified atom stereocenters. The van der Waals surface area contributed by atoms with Gasteiger partial charge in [0.2, 0.25) is 0 Å². The lowest BCUT2D eigenvalue weighted by Gasteiger charge is -2.36. The van der Waals surface area contributed by atoms with Gasteiger partial charge in [-0.25, -0.2) is 39.1 Å². The highest BCUT2D eigenvalue weighted by Crippen LogP contribution is 2.34. The molecule has 0 aromatic carbocycles. The van der Waals surface area contributed by atoms with E-state index in [-0.39, 0.29) is 34.9 Å². The van der Waals surface area contributed by atoms with Crippen LogP contribution in [0.2, 0.25) is 0 Å². The summed E-state index contributed by atoms with van der Waals surface area (Å²) >= 11 is 0. The molecule has 6 rings (SSSR count). The highest BCUT2D eigenvalue weighted by Gasteiger charge is 2.37. The van der Waals surface area contributed by atoms with Gasteiger partial charge in [0.1, 0.15) is 34.7 Å². The molecular weight excluding hydrogens is 1000 g/mol. The summed E-state index contributed by atoms with van der Waals surface area (Å²) in [4.78, 5) is 76.5. The van der Waals surface area contributed by atoms with Crippen molar-refractivity contribution in [3.63, 3.8) is 0 Å². The second kappa shape index (κ2) is 27.1. The first-order valence-electron chi connectivity index (χ1n) is 25.5. The van der Waals surface area contributed by atoms with Gasteiger partial charge in [0, 0.05) is 113 Å². The Kier molecular flexibility index (Phi) is 22.2. The monoisotopic (exact) mass is 1080 g/mol. The van der Waals surface area contributed by atoms with Crippen LogP contribution in [0.4, 0.5) is 38.0 Å². The Morgan fingerprint density at radius 3 is 1.11 bits per heavy atom. The third-order valence-electron chi connectivity index (χ3n) is 12.3. The molecule has 0 bridgehead atoms. The molecule has 0 aliphatic carbocycles. The number of alkyl halides is 6. The van der Waals surface area contributed by atoms with Crippen LogP contribution in [0.5, 0.6) is 0 Å². The van der Waals surface area contributed by atoms with Gasteiger partial charge >= 0.3 is 35.7 Å². The summed E-state index contributed by atoms with van der Waals surface area (Å²) in [5.41, 5.74) is -1.75. The second-order valence-corrected chi connectivity index (χ2v) is 21.4. The van der Waals surface area contributed by atoms with Crippen LogP contribution in [0.15, 0.2) is 58.4 Å². The summed E-state index contributed by atoms with van der Waals surface area (Å²) in [5.74, 6) is -0.990. The number of piperazine rings is 2. The minimum Gasteiger partial charge on any atom is -0.478 e. The van der Waals surface area contributed by atoms with Gasteiger partial charge in [0.15, 0.2) is 0 Å². The van der Waals surface area contributed by atoms with Gasteiger partial charge in [-0.2, -0.15) is 36.3 Å². The molecule has 4 aromatic rings. The fourth-order valence-electron chi connectivity index (χ4n) is 7.80. The van der Waals surface area contributed by atoms with Gasteiger partial charge in [-0.3, -0.25) is 18.9 Å². The van der Waals surface area contributed by atoms with Crippen LogP contribution >= 0.6 is 0 Å². The number of carboxylic acid groups (broad SMARTS) is 2. The highest BCUT2D eigenvalue weighted by atomic mass is 19.4. The Bertz CT molecular complexity index is 2430. The Morgan fingerprint density at radius 1 is 0.526 bits per heavy atom. The van der Waals surface area contributed by atoms with E-state index in [1.807, 2.05) is 104 Å². The SMILES string of the molecule is CC(C)c1ccn(CCCCN2CCN(c3cc(C(F)(F)F)nc(C(C)(C)C)n3)CC2)c(=O)n1.CC(C)c1ccn(CCCCN2CCN(c3cc(C(F)(F)F)nc(C(C)(C)C)n3)CC2)c(=O)n1.O=C(O)C=CC(=O)O. The number of halogens is 6. The van der Waals surface area contributed by atoms with Crippen molar-refractivity contribution in [1.29, 1.82) is 0 Å². The molecule has 18 nitrogen and oxygen atoms in total. The predicted molar refractivity (Wildman–Crippen MR) is 277 cm³/mol. The number of hydrogen-bond donors (Lipinski definition) is 2. The van der Waals surface area contributed by atoms with Gasteiger partial charge in [-0.05, 0) is 62.7 Å². The molecule has 2 aliphatic rings. The third kappa shape index (κ3) is 20.0. The van der Waals surface area contributed by atoms with Gasteiger partial charge in [0.05, 0.1) is 11.4 Å². The third-order valence-corrected chi connectivity index (χ3v) is 12.3. The molecule has 0 spiro atoms. The Balaban J connectivity index is 0.000000287. The van der Waals surface area contributed by atoms with E-state index in [0.29, 0.717) is 63.1 Å². The minimum atomic E-state index is -4.51. The van der Waals surface area contributed by atoms with Crippen molar-refractivity contribution in [2.45, 2.75) is 143 Å². The van der Waals surface area contributed by atoms with Crippen molar-refractivity contribution in [3.8, 4) is 0 Å². The molecule has 24 heteroatoms. The molecule has 2 fully saturated rings. The van der Waals surface area contributed by atoms with Crippen LogP contribution in [0.1, 0.15) is 141 Å². The van der Waals surface area contributed by atoms with E-state index >= 15 is 0 Å². The van der Waals surface area contributed by atoms with E-state index in [9.17, 15) is 45.5 Å². The summed E-state index contributed by atoms with van der Waals surface area (Å²) in [6.07, 6.45) is -0.699. The number of hydrogen-bond acceptors (Lipinski definition) is 14. The first kappa shape index (κ1) is 62.2. The summed E-state index contributed by atoms with van der Waals surface area (Å²) in [6, 6.07) is 5.91. The molecule has 420 valence electrons. The zero-order chi connectivity index (χ0) is 56.8. The Morgan fingerprint density at radius 2 is 0.842 bits per heavy atom. The lowest BCUT2D eigenvalue weighted by atomic mass is 9.95. The summed E-state index contributed by atoms with van der Waals surface area (Å²) in [7, 11) is 0. The van der Waals surface area contributed by atoms with Gasteiger partial charge in [0.25, 0.3) is 0 Å². The molecule has 2 aliphatic heterocycles. The normalized spacial score (nSPS) is 15.2. The lowest BCUT2D eigenvalue weighted by molar-refractivity contribution is -0.142. The summed E-state index contributed by atoms with van der Waals surface area (Å²) in [6.45, 7) is 27.4. The number of nitrogens with zero attached hydrogens (tertiary/aromatic N) is 12. The molecule has 0 saturated carbocycles. The molecule has 0 amide bonds. The summed E-state index contributed by atoms with van der Waals surface area (Å²) < 4.78 is 83.7. The number of rotatable bonds is 16. The molecule has 0 radical (unpaired) electrons. The first-order valence-corrected chi connectivity index (χ1v) is 25.5. The van der Waals surface area contributed by atoms with E-state index in [4.69, 9.17) is 10.2 Å². The number of carboxylic acids is 2. The lowest BCUT2D eigenvalue weighted by Crippen LogP contribution is -2.47. The van der Waals surface area contributed by atoms with Crippen molar-refractivity contribution in [2.75, 3.05) is 75.2 Å². The molecular formula is C52H74F6N12O6. The largest absolute Gasteiger partial charge is 0.478 e. The van der Waals surface area contributed by atoms with E-state index in [0.717, 1.165) is 88.5 Å². The van der Waals surface area contributed by atoms with Crippen molar-refractivity contribution >= 4 is 23.6 Å². The standard InChI is InChI=1S/2C24H35F3N6O.C4H4O4/c2*1-17(2)18-8-11-33(22(34)28-18)10-7-6-9-31-12-14-32(15-13-31)20-16-19(24(25,26)27)29-21(30-20)23(3,4)5;5-3(6)1-2-4(7)8/h2*8,11,16-17H,6-7,9-10,12-15H2,1-5H3;1-2H,(H,5,6)(H,7,8). The van der Waals surface area contributed by atoms with Crippen LogP contribution in [0.3, 0.4) is 0 Å². The maximum absolute atomic E-state index is 13.4.